The van der Waals surface area contributed by atoms with Crippen molar-refractivity contribution in [2.45, 2.75) is 18.9 Å². The van der Waals surface area contributed by atoms with Crippen molar-refractivity contribution in [3.63, 3.8) is 0 Å². The Morgan fingerprint density at radius 2 is 1.85 bits per heavy atom. The maximum Gasteiger partial charge on any atom is 0.326 e. The number of carboxylic acid groups (broad SMARTS) is 1. The smallest absolute Gasteiger partial charge is 0.326 e. The molecular formula is C12H14IN3O4. The molecule has 1 aromatic carbocycles. The maximum atomic E-state index is 11.7. The number of nitrogens with one attached hydrogen (secondary N) is 2. The summed E-state index contributed by atoms with van der Waals surface area (Å²) in [4.78, 5) is 33.2. The molecule has 5 N–H and O–H groups in total. The van der Waals surface area contributed by atoms with E-state index >= 15 is 0 Å². The molecule has 0 aromatic heterocycles. The van der Waals surface area contributed by atoms with Gasteiger partial charge in [0.15, 0.2) is 0 Å². The number of urea groups is 1. The van der Waals surface area contributed by atoms with Crippen LogP contribution in [-0.4, -0.2) is 29.1 Å². The predicted molar refractivity (Wildman–Crippen MR) is 81.2 cm³/mol. The molecule has 1 rings (SSSR count). The van der Waals surface area contributed by atoms with Crippen molar-refractivity contribution < 1.29 is 19.5 Å². The normalized spacial score (nSPS) is 11.4. The molecule has 0 aliphatic rings. The number of amides is 3. The number of carbonyl (C=O) groups is 3. The van der Waals surface area contributed by atoms with Crippen LogP contribution >= 0.6 is 22.6 Å². The SMILES string of the molecule is NC(=O)CC[C@@H](NC(=O)Nc1ccc(I)cc1)C(=O)O. The van der Waals surface area contributed by atoms with Crippen LogP contribution in [0.15, 0.2) is 24.3 Å². The molecule has 0 aliphatic carbocycles. The van der Waals surface area contributed by atoms with Crippen LogP contribution in [0.25, 0.3) is 0 Å². The van der Waals surface area contributed by atoms with Gasteiger partial charge in [-0.05, 0) is 53.3 Å². The minimum atomic E-state index is -1.22. The van der Waals surface area contributed by atoms with Crippen molar-refractivity contribution >= 4 is 46.2 Å². The van der Waals surface area contributed by atoms with Gasteiger partial charge in [-0.15, -0.1) is 0 Å². The van der Waals surface area contributed by atoms with Gasteiger partial charge in [-0.3, -0.25) is 4.79 Å². The highest BCUT2D eigenvalue weighted by Crippen LogP contribution is 2.11. The number of anilines is 1. The Bertz CT molecular complexity index is 504. The van der Waals surface area contributed by atoms with Crippen molar-refractivity contribution in [3.05, 3.63) is 27.8 Å². The molecule has 1 atom stereocenters. The Hall–Kier alpha value is -1.84. The zero-order chi connectivity index (χ0) is 15.1. The molecule has 0 unspecified atom stereocenters. The lowest BCUT2D eigenvalue weighted by Crippen LogP contribution is -2.43. The second kappa shape index (κ2) is 7.68. The van der Waals surface area contributed by atoms with Crippen LogP contribution in [0.4, 0.5) is 10.5 Å². The topological polar surface area (TPSA) is 122 Å². The standard InChI is InChI=1S/C12H14IN3O4/c13-7-1-3-8(4-2-7)15-12(20)16-9(11(18)19)5-6-10(14)17/h1-4,9H,5-6H2,(H2,14,17)(H,18,19)(H2,15,16,20)/t9-/m1/s1. The number of carboxylic acids is 1. The summed E-state index contributed by atoms with van der Waals surface area (Å²) < 4.78 is 1.01. The fourth-order valence-corrected chi connectivity index (χ4v) is 1.76. The Balaban J connectivity index is 2.55. The second-order valence-corrected chi connectivity index (χ2v) is 5.25. The first-order valence-corrected chi connectivity index (χ1v) is 6.80. The van der Waals surface area contributed by atoms with Crippen molar-refractivity contribution in [3.8, 4) is 0 Å². The number of halogens is 1. The summed E-state index contributed by atoms with van der Waals surface area (Å²) in [5.41, 5.74) is 5.49. The number of rotatable bonds is 6. The van der Waals surface area contributed by atoms with Crippen LogP contribution < -0.4 is 16.4 Å². The highest BCUT2D eigenvalue weighted by atomic mass is 127. The zero-order valence-corrected chi connectivity index (χ0v) is 12.6. The van der Waals surface area contributed by atoms with Gasteiger partial charge in [0.25, 0.3) is 0 Å². The van der Waals surface area contributed by atoms with Gasteiger partial charge in [-0.25, -0.2) is 9.59 Å². The number of benzene rings is 1. The van der Waals surface area contributed by atoms with Crippen LogP contribution in [0.1, 0.15) is 12.8 Å². The monoisotopic (exact) mass is 391 g/mol. The third-order valence-electron chi connectivity index (χ3n) is 2.38. The van der Waals surface area contributed by atoms with Gasteiger partial charge in [0.1, 0.15) is 6.04 Å². The molecule has 3 amide bonds. The van der Waals surface area contributed by atoms with Crippen LogP contribution in [0, 0.1) is 3.57 Å². The van der Waals surface area contributed by atoms with Gasteiger partial charge >= 0.3 is 12.0 Å². The Morgan fingerprint density at radius 3 is 2.35 bits per heavy atom. The van der Waals surface area contributed by atoms with Crippen molar-refractivity contribution in [2.75, 3.05) is 5.32 Å². The first-order valence-electron chi connectivity index (χ1n) is 5.72. The van der Waals surface area contributed by atoms with Crippen molar-refractivity contribution in [1.29, 1.82) is 0 Å². The number of nitrogens with two attached hydrogens (primary N) is 1. The average molecular weight is 391 g/mol. The van der Waals surface area contributed by atoms with E-state index in [-0.39, 0.29) is 12.8 Å². The lowest BCUT2D eigenvalue weighted by atomic mass is 10.1. The summed E-state index contributed by atoms with van der Waals surface area (Å²) in [5, 5.41) is 13.7. The van der Waals surface area contributed by atoms with Crippen molar-refractivity contribution in [2.24, 2.45) is 5.73 Å². The highest BCUT2D eigenvalue weighted by Gasteiger charge is 2.20. The molecule has 8 heteroatoms. The predicted octanol–water partition coefficient (Wildman–Crippen LogP) is 1.13. The highest BCUT2D eigenvalue weighted by molar-refractivity contribution is 14.1. The molecular weight excluding hydrogens is 377 g/mol. The van der Waals surface area contributed by atoms with Crippen LogP contribution in [0.5, 0.6) is 0 Å². The molecule has 0 saturated carbocycles. The summed E-state index contributed by atoms with van der Waals surface area (Å²) in [6, 6.07) is 5.19. The second-order valence-electron chi connectivity index (χ2n) is 4.00. The third kappa shape index (κ3) is 5.87. The Labute approximate surface area is 129 Å². The molecule has 0 saturated heterocycles. The van der Waals surface area contributed by atoms with E-state index in [0.717, 1.165) is 3.57 Å². The van der Waals surface area contributed by atoms with E-state index in [4.69, 9.17) is 10.8 Å². The van der Waals surface area contributed by atoms with Gasteiger partial charge in [-0.1, -0.05) is 0 Å². The summed E-state index contributed by atoms with van der Waals surface area (Å²) in [7, 11) is 0. The molecule has 0 spiro atoms. The van der Waals surface area contributed by atoms with Gasteiger partial charge in [-0.2, -0.15) is 0 Å². The largest absolute Gasteiger partial charge is 0.480 e. The van der Waals surface area contributed by atoms with Gasteiger partial charge in [0, 0.05) is 15.7 Å². The van der Waals surface area contributed by atoms with E-state index in [1.807, 2.05) is 0 Å². The summed E-state index contributed by atoms with van der Waals surface area (Å²) in [6.07, 6.45) is -0.161. The van der Waals surface area contributed by atoms with E-state index in [1.54, 1.807) is 24.3 Å². The number of carbonyl (C=O) groups excluding carboxylic acids is 2. The quantitative estimate of drug-likeness (QED) is 0.543. The molecule has 108 valence electrons. The fourth-order valence-electron chi connectivity index (χ4n) is 1.40. The molecule has 1 aromatic rings. The number of primary amides is 1. The van der Waals surface area contributed by atoms with Crippen LogP contribution in [-0.2, 0) is 9.59 Å². The van der Waals surface area contributed by atoms with Crippen molar-refractivity contribution in [1.82, 2.24) is 5.32 Å². The number of hydrogen-bond acceptors (Lipinski definition) is 3. The number of hydrogen-bond donors (Lipinski definition) is 4. The van der Waals surface area contributed by atoms with E-state index in [1.165, 1.54) is 0 Å². The minimum absolute atomic E-state index is 0.0508. The van der Waals surface area contributed by atoms with E-state index in [2.05, 4.69) is 33.2 Å². The lowest BCUT2D eigenvalue weighted by Gasteiger charge is -2.14. The fraction of sp³-hybridized carbons (Fsp3) is 0.250. The lowest BCUT2D eigenvalue weighted by molar-refractivity contribution is -0.139. The first kappa shape index (κ1) is 16.2. The van der Waals surface area contributed by atoms with Gasteiger partial charge in [0.05, 0.1) is 0 Å². The minimum Gasteiger partial charge on any atom is -0.480 e. The number of aliphatic carboxylic acids is 1. The Morgan fingerprint density at radius 1 is 1.25 bits per heavy atom. The summed E-state index contributed by atoms with van der Waals surface area (Å²) in [5.74, 6) is -1.83. The zero-order valence-electron chi connectivity index (χ0n) is 10.4. The molecule has 20 heavy (non-hydrogen) atoms. The molecule has 7 nitrogen and oxygen atoms in total. The van der Waals surface area contributed by atoms with E-state index in [9.17, 15) is 14.4 Å². The maximum absolute atomic E-state index is 11.7. The summed E-state index contributed by atoms with van der Waals surface area (Å²) in [6.45, 7) is 0. The molecule has 0 radical (unpaired) electrons. The third-order valence-corrected chi connectivity index (χ3v) is 3.10. The first-order chi connectivity index (χ1) is 9.38. The van der Waals surface area contributed by atoms with Crippen LogP contribution in [0.2, 0.25) is 0 Å². The Kier molecular flexibility index (Phi) is 6.22. The van der Waals surface area contributed by atoms with Crippen LogP contribution in [0.3, 0.4) is 0 Å². The van der Waals surface area contributed by atoms with E-state index in [0.29, 0.717) is 5.69 Å². The molecule has 0 fully saturated rings. The molecule has 0 bridgehead atoms. The van der Waals surface area contributed by atoms with E-state index < -0.39 is 23.9 Å². The van der Waals surface area contributed by atoms with Gasteiger partial charge in [0.2, 0.25) is 5.91 Å². The molecule has 0 heterocycles. The van der Waals surface area contributed by atoms with Gasteiger partial charge < -0.3 is 21.5 Å². The average Bonchev–Trinajstić information content (AvgIpc) is 2.36. The molecule has 0 aliphatic heterocycles. The summed E-state index contributed by atoms with van der Waals surface area (Å²) >= 11 is 2.13.